The molecule has 12 aromatic carbocycles. The molecule has 0 aliphatic heterocycles. The largest absolute Gasteiger partial charge is 3.00 e. The van der Waals surface area contributed by atoms with Crippen LogP contribution in [0.1, 0.15) is 161 Å². The number of pyridine rings is 3. The fourth-order valence-corrected chi connectivity index (χ4v) is 14.1. The summed E-state index contributed by atoms with van der Waals surface area (Å²) in [5.41, 5.74) is 21.2. The van der Waals surface area contributed by atoms with E-state index in [1.165, 1.54) is 22.8 Å². The molecule has 3 radical (unpaired) electrons. The van der Waals surface area contributed by atoms with Gasteiger partial charge in [0.1, 0.15) is 0 Å². The quantitative estimate of drug-likeness (QED) is 0.0895. The number of nitrogens with zero attached hydrogens (tertiary/aromatic N) is 9. The number of hydrogen-bond donors (Lipinski definition) is 0. The molecule has 4 atom stereocenters. The first-order valence-electron chi connectivity index (χ1n) is 49.1. The number of hydrogen-bond acceptors (Lipinski definition) is 6. The molecular formula is C112H103Ir4N9-3. The van der Waals surface area contributed by atoms with Crippen molar-refractivity contribution in [2.24, 2.45) is 0 Å². The van der Waals surface area contributed by atoms with Crippen LogP contribution in [-0.4, -0.2) is 43.6 Å². The molecule has 0 N–H and O–H groups in total. The molecule has 0 saturated carbocycles. The Kier molecular flexibility index (Phi) is 28.5. The Hall–Kier alpha value is -11.4. The van der Waals surface area contributed by atoms with E-state index in [4.69, 9.17) is 29.7 Å². The minimum Gasteiger partial charge on any atom is -0.340 e. The second-order valence-electron chi connectivity index (χ2n) is 28.7. The Labute approximate surface area is 819 Å². The molecule has 18 rings (SSSR count). The number of aromatic nitrogens is 9. The van der Waals surface area contributed by atoms with Crippen molar-refractivity contribution in [1.29, 1.82) is 0 Å². The molecule has 0 spiro atoms. The van der Waals surface area contributed by atoms with Gasteiger partial charge in [-0.05, 0) is 167 Å². The van der Waals surface area contributed by atoms with Crippen molar-refractivity contribution in [3.05, 3.63) is 439 Å². The SMILES string of the molecule is CCc1cc(-c2[c-]cccc2)ncc1-c1ccccc1.Cc1cccc(-c2[c-]cccc2)n1.[2H]C([2H])([2H])C(C)c1cc(-c2ccccc2)cc(C(C)C([2H])([2H])[2H])c1-n1ccnc1-c1[c-]cccc1.[2H]C([2H])([2H])C(C)c1cccc(C(C)C([2H])([2H])[2H])c1-n1ccnc1-c1[c-]cccc1.[2H]C([2H])([2H])c1cccc(-c2[c-]cccc2)n1.[2H]C([2H])([2H])c1cccc(C)c1-n1c(-c2[c-]cccc2)nc2ccccc21.[Ir+3].[Ir].[Ir].[Ir]. The maximum atomic E-state index is 8.18. The molecule has 4 unspecified atom stereocenters. The van der Waals surface area contributed by atoms with Crippen molar-refractivity contribution in [1.82, 2.24) is 43.6 Å². The first kappa shape index (κ1) is 73.9. The predicted molar refractivity (Wildman–Crippen MR) is 502 cm³/mol. The normalized spacial score (nSPS) is 14.1. The predicted octanol–water partition coefficient (Wildman–Crippen LogP) is 28.4. The van der Waals surface area contributed by atoms with Gasteiger partial charge in [-0.2, -0.15) is 0 Å². The van der Waals surface area contributed by atoms with E-state index in [9.17, 15) is 0 Å². The molecule has 6 aromatic heterocycles. The summed E-state index contributed by atoms with van der Waals surface area (Å²) in [4.78, 5) is 26.9. The average molecular weight is 2360 g/mol. The van der Waals surface area contributed by atoms with E-state index in [-0.39, 0.29) is 86.1 Å². The molecule has 0 aliphatic carbocycles. The summed E-state index contributed by atoms with van der Waals surface area (Å²) in [6.45, 7) is -0.701. The Balaban J connectivity index is 0.000000195. The molecule has 13 heteroatoms. The van der Waals surface area contributed by atoms with Crippen molar-refractivity contribution in [2.75, 3.05) is 0 Å². The van der Waals surface area contributed by atoms with Gasteiger partial charge in [-0.25, -0.2) is 0 Å². The van der Waals surface area contributed by atoms with Gasteiger partial charge in [-0.3, -0.25) is 15.0 Å². The number of para-hydroxylation sites is 4. The minimum atomic E-state index is -2.29. The Morgan fingerprint density at radius 1 is 0.344 bits per heavy atom. The monoisotopic (exact) mass is 2360 g/mol. The third kappa shape index (κ3) is 25.0. The van der Waals surface area contributed by atoms with E-state index in [0.717, 1.165) is 84.6 Å². The van der Waals surface area contributed by atoms with Gasteiger partial charge in [0.2, 0.25) is 0 Å². The maximum Gasteiger partial charge on any atom is 3.00 e. The van der Waals surface area contributed by atoms with Crippen molar-refractivity contribution in [3.8, 4) is 107 Å². The zero-order valence-electron chi connectivity index (χ0n) is 87.9. The molecule has 0 aliphatic rings. The summed E-state index contributed by atoms with van der Waals surface area (Å²) in [5, 5.41) is 0. The van der Waals surface area contributed by atoms with Gasteiger partial charge in [0, 0.05) is 150 Å². The van der Waals surface area contributed by atoms with Crippen LogP contribution < -0.4 is 0 Å². The van der Waals surface area contributed by atoms with Gasteiger partial charge in [0.25, 0.3) is 0 Å². The summed E-state index contributed by atoms with van der Waals surface area (Å²) in [6.07, 6.45) is 9.71. The van der Waals surface area contributed by atoms with Crippen LogP contribution in [0, 0.1) is 63.9 Å². The van der Waals surface area contributed by atoms with Crippen LogP contribution in [-0.2, 0) is 86.8 Å². The van der Waals surface area contributed by atoms with Crippen LogP contribution in [0.15, 0.2) is 353 Å². The molecule has 0 fully saturated rings. The number of benzene rings is 12. The van der Waals surface area contributed by atoms with E-state index in [0.29, 0.717) is 68.0 Å². The van der Waals surface area contributed by atoms with E-state index in [2.05, 4.69) is 98.6 Å². The van der Waals surface area contributed by atoms with Crippen LogP contribution >= 0.6 is 0 Å². The summed E-state index contributed by atoms with van der Waals surface area (Å²) in [5.74, 6) is -1.43. The van der Waals surface area contributed by atoms with Gasteiger partial charge in [-0.1, -0.05) is 202 Å². The van der Waals surface area contributed by atoms with E-state index >= 15 is 0 Å². The second kappa shape index (κ2) is 48.2. The molecule has 18 aromatic rings. The zero-order chi connectivity index (χ0) is 99.6. The number of imidazole rings is 3. The summed E-state index contributed by atoms with van der Waals surface area (Å²) in [7, 11) is 0. The summed E-state index contributed by atoms with van der Waals surface area (Å²) in [6, 6.07) is 120. The van der Waals surface area contributed by atoms with Crippen molar-refractivity contribution in [2.45, 2.75) is 120 Å². The van der Waals surface area contributed by atoms with E-state index in [1.54, 1.807) is 122 Å². The first-order valence-corrected chi connectivity index (χ1v) is 40.1. The van der Waals surface area contributed by atoms with Crippen LogP contribution in [0.3, 0.4) is 0 Å². The van der Waals surface area contributed by atoms with Gasteiger partial charge < -0.3 is 28.7 Å². The van der Waals surface area contributed by atoms with Crippen LogP contribution in [0.25, 0.3) is 118 Å². The Morgan fingerprint density at radius 3 is 1.22 bits per heavy atom. The topological polar surface area (TPSA) is 92.1 Å². The number of aryl methyl sites for hydroxylation is 5. The molecule has 0 amide bonds. The minimum absolute atomic E-state index is 0. The van der Waals surface area contributed by atoms with Gasteiger partial charge in [0.05, 0.1) is 28.5 Å². The van der Waals surface area contributed by atoms with Gasteiger partial charge in [-0.15, -0.1) is 215 Å². The summed E-state index contributed by atoms with van der Waals surface area (Å²) >= 11 is 0. The molecule has 0 bridgehead atoms. The fraction of sp³-hybridized carbons (Fsp3) is 0.161. The summed E-state index contributed by atoms with van der Waals surface area (Å²) < 4.78 is 148. The molecule has 125 heavy (non-hydrogen) atoms. The Bertz CT molecular complexity index is 6970. The van der Waals surface area contributed by atoms with Crippen molar-refractivity contribution >= 4 is 11.0 Å². The number of fused-ring (bicyclic) bond motifs is 1. The molecule has 6 heterocycles. The van der Waals surface area contributed by atoms with E-state index < -0.39 is 64.8 Å². The maximum absolute atomic E-state index is 8.18. The average Bonchev–Trinajstić information content (AvgIpc) is 1.74. The molecule has 0 saturated heterocycles. The first-order chi connectivity index (χ1) is 66.3. The molecule has 635 valence electrons. The smallest absolute Gasteiger partial charge is 0.340 e. The standard InChI is InChI=1S/C27H27N2.C21H17N2.C21H23N2.C19H16N.2C12H10N.4Ir/c1-19(2)24-17-23(21-11-7-5-8-12-21)18-25(20(3)4)26(24)29-16-15-28-27(29)22-13-9-6-10-14-22;1-15-9-8-10-16(2)20(15)23-19-14-7-6-13-18(19)22-21(23)17-11-4-3-5-12-17;1-15(2)18-11-8-12-19(16(3)4)20(18)23-14-13-22-21(23)17-9-6-5-7-10-17;1-2-15-13-19(17-11-7-4-8-12-17)20-14-18(15)16-9-5-3-6-10-16;2*1-10-6-5-9-12(13-10)11-7-3-2-4-8-11;;;;/h5-13,15-20H,1-4H3;3-11,13-14H,1-2H3;5-9,11-16H,1-4H3;3-11,13-14H,2H2,1H3;2*2-7,9H,1H3;;;;/q6*-1;;;;+3/i1D3,3D3;1D3;1D3,3D3;;1D3;;;;;. The number of rotatable bonds is 16. The molecule has 9 nitrogen and oxygen atoms in total. The van der Waals surface area contributed by atoms with Crippen molar-refractivity contribution in [3.63, 3.8) is 0 Å². The Morgan fingerprint density at radius 2 is 0.752 bits per heavy atom. The van der Waals surface area contributed by atoms with Gasteiger partial charge >= 0.3 is 20.1 Å². The fourth-order valence-electron chi connectivity index (χ4n) is 14.1. The van der Waals surface area contributed by atoms with Crippen LogP contribution in [0.5, 0.6) is 0 Å². The zero-order valence-corrected chi connectivity index (χ0v) is 79.4. The van der Waals surface area contributed by atoms with Gasteiger partial charge in [0.15, 0.2) is 0 Å². The molecular weight excluding hydrogens is 2240 g/mol. The van der Waals surface area contributed by atoms with E-state index in [1.807, 2.05) is 249 Å². The van der Waals surface area contributed by atoms with Crippen molar-refractivity contribution < 1.29 is 105 Å². The third-order valence-corrected chi connectivity index (χ3v) is 19.9. The third-order valence-electron chi connectivity index (χ3n) is 19.9. The van der Waals surface area contributed by atoms with Crippen LogP contribution in [0.4, 0.5) is 0 Å². The van der Waals surface area contributed by atoms with Crippen LogP contribution in [0.2, 0.25) is 0 Å². The second-order valence-corrected chi connectivity index (χ2v) is 28.7.